The minimum Gasteiger partial charge on any atom is -0.399 e. The molecule has 0 atom stereocenters. The number of benzene rings is 1. The summed E-state index contributed by atoms with van der Waals surface area (Å²) in [7, 11) is 0. The van der Waals surface area contributed by atoms with Crippen LogP contribution in [0, 0.1) is 0 Å². The van der Waals surface area contributed by atoms with Crippen molar-refractivity contribution in [3.8, 4) is 11.3 Å². The van der Waals surface area contributed by atoms with E-state index in [1.807, 2.05) is 29.6 Å². The van der Waals surface area contributed by atoms with E-state index in [1.165, 1.54) is 11.3 Å². The molecule has 2 aromatic rings. The zero-order valence-electron chi connectivity index (χ0n) is 6.70. The van der Waals surface area contributed by atoms with Crippen LogP contribution in [-0.2, 0) is 0 Å². The van der Waals surface area contributed by atoms with Crippen LogP contribution in [0.15, 0.2) is 29.6 Å². The minimum absolute atomic E-state index is 0.553. The Kier molecular flexibility index (Phi) is 2.20. The number of thiazole rings is 1. The Bertz CT molecular complexity index is 425. The number of rotatable bonds is 1. The van der Waals surface area contributed by atoms with Crippen LogP contribution in [0.1, 0.15) is 0 Å². The van der Waals surface area contributed by atoms with Crippen molar-refractivity contribution < 1.29 is 0 Å². The second kappa shape index (κ2) is 3.36. The van der Waals surface area contributed by atoms with Crippen LogP contribution >= 0.6 is 22.9 Å². The van der Waals surface area contributed by atoms with Crippen molar-refractivity contribution in [3.63, 3.8) is 0 Å². The molecule has 0 aliphatic rings. The Morgan fingerprint density at radius 3 is 2.85 bits per heavy atom. The summed E-state index contributed by atoms with van der Waals surface area (Å²) in [5.41, 5.74) is 8.26. The largest absolute Gasteiger partial charge is 0.399 e. The molecular weight excluding hydrogens is 204 g/mol. The molecule has 0 spiro atoms. The predicted octanol–water partition coefficient (Wildman–Crippen LogP) is 3.05. The van der Waals surface area contributed by atoms with Gasteiger partial charge in [-0.2, -0.15) is 0 Å². The molecule has 0 amide bonds. The third-order valence-corrected chi connectivity index (χ3v) is 2.64. The molecule has 0 bridgehead atoms. The number of halogens is 1. The highest BCUT2D eigenvalue weighted by Crippen LogP contribution is 2.25. The molecule has 2 nitrogen and oxygen atoms in total. The Labute approximate surface area is 85.0 Å². The first-order chi connectivity index (χ1) is 6.25. The third kappa shape index (κ3) is 1.82. The molecule has 0 fully saturated rings. The molecule has 4 heteroatoms. The highest BCUT2D eigenvalue weighted by atomic mass is 35.5. The fraction of sp³-hybridized carbons (Fsp3) is 0. The summed E-state index contributed by atoms with van der Waals surface area (Å²) < 4.78 is 0.553. The first-order valence-corrected chi connectivity index (χ1v) is 4.98. The van der Waals surface area contributed by atoms with E-state index in [4.69, 9.17) is 17.3 Å². The van der Waals surface area contributed by atoms with Crippen molar-refractivity contribution in [1.82, 2.24) is 4.98 Å². The molecule has 1 aromatic carbocycles. The van der Waals surface area contributed by atoms with Crippen LogP contribution < -0.4 is 5.73 Å². The van der Waals surface area contributed by atoms with Gasteiger partial charge in [0.15, 0.2) is 4.47 Å². The molecule has 0 radical (unpaired) electrons. The quantitative estimate of drug-likeness (QED) is 0.735. The first-order valence-electron chi connectivity index (χ1n) is 3.72. The van der Waals surface area contributed by atoms with E-state index in [-0.39, 0.29) is 0 Å². The summed E-state index contributed by atoms with van der Waals surface area (Å²) in [6.45, 7) is 0. The number of nitrogen functional groups attached to an aromatic ring is 1. The Morgan fingerprint density at radius 1 is 1.38 bits per heavy atom. The van der Waals surface area contributed by atoms with Gasteiger partial charge in [0.25, 0.3) is 0 Å². The molecule has 0 unspecified atom stereocenters. The zero-order chi connectivity index (χ0) is 9.26. The van der Waals surface area contributed by atoms with E-state index >= 15 is 0 Å². The average molecular weight is 211 g/mol. The Balaban J connectivity index is 2.46. The van der Waals surface area contributed by atoms with Crippen molar-refractivity contribution in [2.75, 3.05) is 5.73 Å². The standard InChI is InChI=1S/C9H7ClN2S/c10-9-12-8(5-13-9)6-2-1-3-7(11)4-6/h1-5H,11H2. The van der Waals surface area contributed by atoms with Crippen LogP contribution in [0.4, 0.5) is 5.69 Å². The second-order valence-corrected chi connectivity index (χ2v) is 4.05. The van der Waals surface area contributed by atoms with E-state index in [9.17, 15) is 0 Å². The number of aromatic nitrogens is 1. The Hall–Kier alpha value is -1.06. The maximum Gasteiger partial charge on any atom is 0.184 e. The van der Waals surface area contributed by atoms with E-state index in [0.29, 0.717) is 4.47 Å². The molecule has 13 heavy (non-hydrogen) atoms. The van der Waals surface area contributed by atoms with Gasteiger partial charge in [-0.15, -0.1) is 11.3 Å². The van der Waals surface area contributed by atoms with Gasteiger partial charge in [0, 0.05) is 16.6 Å². The number of anilines is 1. The first kappa shape index (κ1) is 8.53. The van der Waals surface area contributed by atoms with E-state index < -0.39 is 0 Å². The lowest BCUT2D eigenvalue weighted by atomic mass is 10.1. The number of hydrogen-bond acceptors (Lipinski definition) is 3. The maximum atomic E-state index is 5.73. The van der Waals surface area contributed by atoms with E-state index in [2.05, 4.69) is 4.98 Å². The number of nitrogens with two attached hydrogens (primary N) is 1. The van der Waals surface area contributed by atoms with Gasteiger partial charge >= 0.3 is 0 Å². The van der Waals surface area contributed by atoms with Gasteiger partial charge in [-0.3, -0.25) is 0 Å². The van der Waals surface area contributed by atoms with Gasteiger partial charge in [0.05, 0.1) is 5.69 Å². The molecule has 0 saturated carbocycles. The summed E-state index contributed by atoms with van der Waals surface area (Å²) in [5.74, 6) is 0. The summed E-state index contributed by atoms with van der Waals surface area (Å²) in [4.78, 5) is 4.15. The van der Waals surface area contributed by atoms with Crippen molar-refractivity contribution >= 4 is 28.6 Å². The van der Waals surface area contributed by atoms with Crippen LogP contribution in [0.3, 0.4) is 0 Å². The van der Waals surface area contributed by atoms with Crippen LogP contribution in [0.5, 0.6) is 0 Å². The van der Waals surface area contributed by atoms with Crippen molar-refractivity contribution in [1.29, 1.82) is 0 Å². The van der Waals surface area contributed by atoms with Crippen LogP contribution in [-0.4, -0.2) is 4.98 Å². The van der Waals surface area contributed by atoms with Crippen molar-refractivity contribution in [2.45, 2.75) is 0 Å². The van der Waals surface area contributed by atoms with Crippen LogP contribution in [0.2, 0.25) is 4.47 Å². The summed E-state index contributed by atoms with van der Waals surface area (Å²) in [6, 6.07) is 7.59. The van der Waals surface area contributed by atoms with Crippen LogP contribution in [0.25, 0.3) is 11.3 Å². The van der Waals surface area contributed by atoms with Gasteiger partial charge in [-0.05, 0) is 12.1 Å². The van der Waals surface area contributed by atoms with E-state index in [0.717, 1.165) is 16.9 Å². The molecule has 66 valence electrons. The zero-order valence-corrected chi connectivity index (χ0v) is 8.27. The highest BCUT2D eigenvalue weighted by molar-refractivity contribution is 7.14. The number of hydrogen-bond donors (Lipinski definition) is 1. The summed E-state index contributed by atoms with van der Waals surface area (Å²) in [6.07, 6.45) is 0. The van der Waals surface area contributed by atoms with Gasteiger partial charge in [-0.1, -0.05) is 23.7 Å². The monoisotopic (exact) mass is 210 g/mol. The maximum absolute atomic E-state index is 5.73. The van der Waals surface area contributed by atoms with Gasteiger partial charge in [-0.25, -0.2) is 4.98 Å². The number of nitrogens with zero attached hydrogens (tertiary/aromatic N) is 1. The lowest BCUT2D eigenvalue weighted by Crippen LogP contribution is -1.84. The molecule has 2 N–H and O–H groups in total. The lowest BCUT2D eigenvalue weighted by Gasteiger charge is -1.96. The normalized spacial score (nSPS) is 10.2. The highest BCUT2D eigenvalue weighted by Gasteiger charge is 2.02. The molecule has 2 rings (SSSR count). The fourth-order valence-electron chi connectivity index (χ4n) is 1.08. The molecule has 0 saturated heterocycles. The molecule has 1 heterocycles. The third-order valence-electron chi connectivity index (χ3n) is 1.66. The lowest BCUT2D eigenvalue weighted by molar-refractivity contribution is 1.41. The molecule has 0 aliphatic heterocycles. The van der Waals surface area contributed by atoms with Gasteiger partial charge in [0.2, 0.25) is 0 Å². The molecule has 0 aliphatic carbocycles. The van der Waals surface area contributed by atoms with Crippen molar-refractivity contribution in [2.24, 2.45) is 0 Å². The SMILES string of the molecule is Nc1cccc(-c2csc(Cl)n2)c1. The summed E-state index contributed by atoms with van der Waals surface area (Å²) in [5, 5.41) is 1.91. The molecular formula is C9H7ClN2S. The summed E-state index contributed by atoms with van der Waals surface area (Å²) >= 11 is 7.14. The van der Waals surface area contributed by atoms with E-state index in [1.54, 1.807) is 0 Å². The minimum atomic E-state index is 0.553. The molecule has 1 aromatic heterocycles. The topological polar surface area (TPSA) is 38.9 Å². The fourth-order valence-corrected chi connectivity index (χ4v) is 1.86. The van der Waals surface area contributed by atoms with Crippen molar-refractivity contribution in [3.05, 3.63) is 34.1 Å². The average Bonchev–Trinajstić information content (AvgIpc) is 2.52. The van der Waals surface area contributed by atoms with Gasteiger partial charge in [0.1, 0.15) is 0 Å². The van der Waals surface area contributed by atoms with Gasteiger partial charge < -0.3 is 5.73 Å². The predicted molar refractivity (Wildman–Crippen MR) is 57.0 cm³/mol. The Morgan fingerprint density at radius 2 is 2.23 bits per heavy atom. The smallest absolute Gasteiger partial charge is 0.184 e. The second-order valence-electron chi connectivity index (χ2n) is 2.61.